The van der Waals surface area contributed by atoms with Crippen molar-refractivity contribution in [1.29, 1.82) is 0 Å². The Balaban J connectivity index is 1.70. The molecule has 314 valence electrons. The van der Waals surface area contributed by atoms with E-state index in [1.165, 1.54) is 21.6 Å². The van der Waals surface area contributed by atoms with E-state index in [0.717, 1.165) is 121 Å². The fourth-order valence-electron chi connectivity index (χ4n) is 5.46. The van der Waals surface area contributed by atoms with Gasteiger partial charge >= 0.3 is 15.6 Å². The fourth-order valence-corrected chi connectivity index (χ4v) is 11.2. The zero-order valence-corrected chi connectivity index (χ0v) is 37.4. The molecule has 2 aromatic carbocycles. The highest BCUT2D eigenvalue weighted by atomic mass is 33.1. The molecule has 18 heteroatoms. The number of hydrogen-bond acceptors (Lipinski definition) is 10. The second-order valence-corrected chi connectivity index (χ2v) is 20.2. The molecule has 0 heterocycles. The molecular weight excluding hydrogens is 835 g/mol. The standard InChI is InChI=1S/C38H58N2O10P2S4/c1-33(37(23-27-49-51(43,44)45)55-53-29-35-19-13-11-14-20-35)39(31-41)25-17-9-7-5-3-4-6-8-10-18-26-40(32-42)34(2)38(24-28-50-52(46,47)48)56-54-30-36-21-15-12-16-22-36/h11-16,19-22,31-32H,3-10,17-18,23-30H2,1-2H3,(H2,43,44,45)(H2,46,47,48)/b37-33-,38-34-. The summed E-state index contributed by atoms with van der Waals surface area (Å²) < 4.78 is 31.8. The number of rotatable bonds is 33. The molecule has 0 fully saturated rings. The smallest absolute Gasteiger partial charge is 0.318 e. The summed E-state index contributed by atoms with van der Waals surface area (Å²) in [5.74, 6) is 1.50. The van der Waals surface area contributed by atoms with E-state index < -0.39 is 15.6 Å². The molecule has 56 heavy (non-hydrogen) atoms. The summed E-state index contributed by atoms with van der Waals surface area (Å²) in [5.41, 5.74) is 3.86. The predicted octanol–water partition coefficient (Wildman–Crippen LogP) is 10.4. The van der Waals surface area contributed by atoms with Crippen LogP contribution < -0.4 is 0 Å². The van der Waals surface area contributed by atoms with Gasteiger partial charge in [-0.3, -0.25) is 18.6 Å². The fraction of sp³-hybridized carbons (Fsp3) is 0.526. The number of carbonyl (C=O) groups excluding carboxylic acids is 2. The Labute approximate surface area is 348 Å². The molecule has 4 N–H and O–H groups in total. The van der Waals surface area contributed by atoms with Gasteiger partial charge in [0.2, 0.25) is 12.8 Å². The van der Waals surface area contributed by atoms with E-state index in [0.29, 0.717) is 13.1 Å². The summed E-state index contributed by atoms with van der Waals surface area (Å²) >= 11 is 0. The third-order valence-electron chi connectivity index (χ3n) is 8.60. The topological polar surface area (TPSA) is 174 Å². The number of benzene rings is 2. The first-order valence-electron chi connectivity index (χ1n) is 18.7. The lowest BCUT2D eigenvalue weighted by Gasteiger charge is -2.22. The molecule has 0 aliphatic heterocycles. The van der Waals surface area contributed by atoms with Gasteiger partial charge in [0.1, 0.15) is 0 Å². The Morgan fingerprint density at radius 2 is 0.893 bits per heavy atom. The van der Waals surface area contributed by atoms with Crippen molar-refractivity contribution in [3.05, 3.63) is 93.0 Å². The van der Waals surface area contributed by atoms with Crippen LogP contribution in [0, 0.1) is 0 Å². The number of amides is 2. The van der Waals surface area contributed by atoms with Gasteiger partial charge in [-0.2, -0.15) is 0 Å². The van der Waals surface area contributed by atoms with E-state index in [9.17, 15) is 18.7 Å². The summed E-state index contributed by atoms with van der Waals surface area (Å²) in [6.07, 6.45) is 12.6. The Kier molecular flexibility index (Phi) is 26.8. The van der Waals surface area contributed by atoms with Crippen molar-refractivity contribution in [2.45, 2.75) is 102 Å². The number of phosphoric acid groups is 2. The maximum absolute atomic E-state index is 12.0. The van der Waals surface area contributed by atoms with Crippen LogP contribution in [-0.4, -0.2) is 68.5 Å². The highest BCUT2D eigenvalue weighted by Gasteiger charge is 2.18. The van der Waals surface area contributed by atoms with Crippen molar-refractivity contribution in [1.82, 2.24) is 9.80 Å². The number of hydrogen-bond donors (Lipinski definition) is 4. The van der Waals surface area contributed by atoms with E-state index in [2.05, 4.69) is 0 Å². The number of nitrogens with zero attached hydrogens (tertiary/aromatic N) is 2. The molecule has 2 aromatic rings. The van der Waals surface area contributed by atoms with Gasteiger partial charge in [0.05, 0.1) is 13.2 Å². The molecule has 0 unspecified atom stereocenters. The van der Waals surface area contributed by atoms with Gasteiger partial charge in [0.25, 0.3) is 0 Å². The second kappa shape index (κ2) is 29.7. The van der Waals surface area contributed by atoms with E-state index in [1.807, 2.05) is 74.5 Å². The first-order valence-corrected chi connectivity index (χ1v) is 26.4. The predicted molar refractivity (Wildman–Crippen MR) is 233 cm³/mol. The number of allylic oxidation sites excluding steroid dienone is 2. The van der Waals surface area contributed by atoms with Gasteiger partial charge in [0, 0.05) is 58.6 Å². The van der Waals surface area contributed by atoms with Crippen LogP contribution in [0.25, 0.3) is 0 Å². The molecule has 0 aromatic heterocycles. The van der Waals surface area contributed by atoms with Crippen molar-refractivity contribution >= 4 is 71.6 Å². The maximum Gasteiger partial charge on any atom is 0.469 e. The van der Waals surface area contributed by atoms with Crippen LogP contribution in [0.1, 0.15) is 102 Å². The van der Waals surface area contributed by atoms with Crippen LogP contribution in [0.5, 0.6) is 0 Å². The first-order chi connectivity index (χ1) is 26.8. The quantitative estimate of drug-likeness (QED) is 0.0231. The lowest BCUT2D eigenvalue weighted by molar-refractivity contribution is -0.117. The average molecular weight is 893 g/mol. The Bertz CT molecular complexity index is 1450. The normalized spacial score (nSPS) is 12.9. The van der Waals surface area contributed by atoms with Crippen LogP contribution >= 0.6 is 58.8 Å². The monoisotopic (exact) mass is 892 g/mol. The van der Waals surface area contributed by atoms with E-state index in [4.69, 9.17) is 28.6 Å². The largest absolute Gasteiger partial charge is 0.469 e. The third kappa shape index (κ3) is 24.4. The van der Waals surface area contributed by atoms with Crippen LogP contribution in [-0.2, 0) is 39.3 Å². The second-order valence-electron chi connectivity index (χ2n) is 13.0. The lowest BCUT2D eigenvalue weighted by Crippen LogP contribution is -2.22. The number of unbranched alkanes of at least 4 members (excludes halogenated alkanes) is 9. The zero-order chi connectivity index (χ0) is 41.1. The Morgan fingerprint density at radius 1 is 0.571 bits per heavy atom. The minimum Gasteiger partial charge on any atom is -0.318 e. The molecule has 2 rings (SSSR count). The summed E-state index contributed by atoms with van der Waals surface area (Å²) in [5, 5.41) is 0. The summed E-state index contributed by atoms with van der Waals surface area (Å²) in [4.78, 5) is 65.6. The van der Waals surface area contributed by atoms with Crippen molar-refractivity contribution in [3.63, 3.8) is 0 Å². The first kappa shape index (κ1) is 50.6. The minimum absolute atomic E-state index is 0.145. The van der Waals surface area contributed by atoms with E-state index in [1.54, 1.807) is 31.4 Å². The van der Waals surface area contributed by atoms with Crippen molar-refractivity contribution in [2.24, 2.45) is 0 Å². The molecule has 12 nitrogen and oxygen atoms in total. The van der Waals surface area contributed by atoms with Gasteiger partial charge in [-0.1, -0.05) is 155 Å². The molecule has 2 amide bonds. The third-order valence-corrected chi connectivity index (χ3v) is 14.8. The van der Waals surface area contributed by atoms with Crippen LogP contribution in [0.3, 0.4) is 0 Å². The number of carbonyl (C=O) groups is 2. The molecule has 0 saturated carbocycles. The lowest BCUT2D eigenvalue weighted by atomic mass is 10.1. The van der Waals surface area contributed by atoms with Crippen molar-refractivity contribution in [2.75, 3.05) is 26.3 Å². The van der Waals surface area contributed by atoms with Gasteiger partial charge in [-0.25, -0.2) is 9.13 Å². The van der Waals surface area contributed by atoms with Crippen molar-refractivity contribution in [3.8, 4) is 0 Å². The summed E-state index contributed by atoms with van der Waals surface area (Å²) in [6, 6.07) is 20.0. The molecule has 0 aliphatic carbocycles. The molecule has 0 radical (unpaired) electrons. The molecule has 0 saturated heterocycles. The SMILES string of the molecule is C/C(=C(\CCOP(=O)(O)O)SSCc1ccccc1)N(C=O)CCCCCCCCCCCCN(C=O)/C(C)=C(/CCOP(=O)(O)O)SSCc1ccccc1. The summed E-state index contributed by atoms with van der Waals surface area (Å²) in [7, 11) is -2.95. The van der Waals surface area contributed by atoms with E-state index >= 15 is 0 Å². The zero-order valence-electron chi connectivity index (χ0n) is 32.3. The highest BCUT2D eigenvalue weighted by molar-refractivity contribution is 8.78. The van der Waals surface area contributed by atoms with Crippen molar-refractivity contribution < 1.29 is 47.3 Å². The molecule has 0 aliphatic rings. The van der Waals surface area contributed by atoms with Gasteiger partial charge < -0.3 is 29.4 Å². The van der Waals surface area contributed by atoms with E-state index in [-0.39, 0.29) is 26.1 Å². The Morgan fingerprint density at radius 3 is 1.20 bits per heavy atom. The highest BCUT2D eigenvalue weighted by Crippen LogP contribution is 2.42. The average Bonchev–Trinajstić information content (AvgIpc) is 3.16. The molecule has 0 spiro atoms. The van der Waals surface area contributed by atoms with Gasteiger partial charge in [-0.15, -0.1) is 0 Å². The molecular formula is C38H58N2O10P2S4. The minimum atomic E-state index is -4.58. The summed E-state index contributed by atoms with van der Waals surface area (Å²) in [6.45, 7) is 4.58. The maximum atomic E-state index is 12.0. The Hall–Kier alpha value is -1.52. The number of phosphoric ester groups is 2. The van der Waals surface area contributed by atoms with Gasteiger partial charge in [-0.05, 0) is 37.8 Å². The van der Waals surface area contributed by atoms with Crippen LogP contribution in [0.2, 0.25) is 0 Å². The van der Waals surface area contributed by atoms with Gasteiger partial charge in [0.15, 0.2) is 0 Å². The molecule has 0 bridgehead atoms. The molecule has 0 atom stereocenters. The van der Waals surface area contributed by atoms with Crippen LogP contribution in [0.15, 0.2) is 81.9 Å². The van der Waals surface area contributed by atoms with Crippen LogP contribution in [0.4, 0.5) is 0 Å².